The minimum absolute atomic E-state index is 0.0123. The molecule has 0 aliphatic heterocycles. The molecule has 1 aliphatic carbocycles. The van der Waals surface area contributed by atoms with Crippen molar-refractivity contribution in [2.75, 3.05) is 0 Å². The van der Waals surface area contributed by atoms with Crippen LogP contribution in [-0.2, 0) is 6.18 Å². The molecule has 0 unspecified atom stereocenters. The lowest BCUT2D eigenvalue weighted by Crippen LogP contribution is -2.25. The van der Waals surface area contributed by atoms with E-state index < -0.39 is 17.8 Å². The Morgan fingerprint density at radius 3 is 2.70 bits per heavy atom. The summed E-state index contributed by atoms with van der Waals surface area (Å²) in [6.07, 6.45) is -2.77. The second kappa shape index (κ2) is 4.19. The van der Waals surface area contributed by atoms with Gasteiger partial charge in [-0.05, 0) is 25.8 Å². The van der Waals surface area contributed by atoms with E-state index in [2.05, 4.69) is 15.4 Å². The molecule has 5 nitrogen and oxygen atoms in total. The van der Waals surface area contributed by atoms with Crippen LogP contribution < -0.4 is 5.32 Å². The quantitative estimate of drug-likeness (QED) is 0.917. The zero-order chi connectivity index (χ0) is 14.5. The summed E-state index contributed by atoms with van der Waals surface area (Å²) in [6, 6.07) is 2.28. The average molecular weight is 284 g/mol. The number of aryl methyl sites for hydroxylation is 1. The fourth-order valence-corrected chi connectivity index (χ4v) is 1.90. The van der Waals surface area contributed by atoms with Gasteiger partial charge < -0.3 is 5.32 Å². The third kappa shape index (κ3) is 2.33. The van der Waals surface area contributed by atoms with E-state index in [4.69, 9.17) is 0 Å². The highest BCUT2D eigenvalue weighted by molar-refractivity contribution is 5.93. The Morgan fingerprint density at radius 1 is 1.40 bits per heavy atom. The lowest BCUT2D eigenvalue weighted by atomic mass is 10.3. The van der Waals surface area contributed by atoms with E-state index in [0.717, 1.165) is 18.9 Å². The van der Waals surface area contributed by atoms with Crippen molar-refractivity contribution in [1.82, 2.24) is 19.9 Å². The molecule has 2 aromatic heterocycles. The number of hydrogen-bond donors (Lipinski definition) is 1. The van der Waals surface area contributed by atoms with Gasteiger partial charge >= 0.3 is 6.18 Å². The molecule has 3 rings (SSSR count). The van der Waals surface area contributed by atoms with Crippen molar-refractivity contribution in [2.45, 2.75) is 32.0 Å². The van der Waals surface area contributed by atoms with Crippen LogP contribution in [-0.4, -0.2) is 26.5 Å². The van der Waals surface area contributed by atoms with Crippen molar-refractivity contribution in [3.05, 3.63) is 29.2 Å². The van der Waals surface area contributed by atoms with Gasteiger partial charge in [0.1, 0.15) is 5.69 Å². The van der Waals surface area contributed by atoms with Crippen molar-refractivity contribution in [2.24, 2.45) is 0 Å². The van der Waals surface area contributed by atoms with E-state index in [-0.39, 0.29) is 23.1 Å². The second-order valence-corrected chi connectivity index (χ2v) is 4.83. The predicted octanol–water partition coefficient (Wildman–Crippen LogP) is 1.95. The van der Waals surface area contributed by atoms with Gasteiger partial charge in [0.15, 0.2) is 11.3 Å². The summed E-state index contributed by atoms with van der Waals surface area (Å²) in [5.74, 6) is -0.469. The molecule has 2 heterocycles. The molecule has 1 amide bonds. The van der Waals surface area contributed by atoms with E-state index >= 15 is 0 Å². The van der Waals surface area contributed by atoms with Crippen molar-refractivity contribution >= 4 is 11.6 Å². The number of amides is 1. The molecule has 106 valence electrons. The summed E-state index contributed by atoms with van der Waals surface area (Å²) in [7, 11) is 0. The molecule has 1 aliphatic rings. The summed E-state index contributed by atoms with van der Waals surface area (Å²) in [6.45, 7) is 1.46. The topological polar surface area (TPSA) is 59.3 Å². The summed E-state index contributed by atoms with van der Waals surface area (Å²) < 4.78 is 39.5. The minimum Gasteiger partial charge on any atom is -0.348 e. The lowest BCUT2D eigenvalue weighted by molar-refractivity contribution is -0.142. The summed E-state index contributed by atoms with van der Waals surface area (Å²) in [5, 5.41) is 6.40. The number of nitrogens with zero attached hydrogens (tertiary/aromatic N) is 3. The van der Waals surface area contributed by atoms with E-state index in [0.29, 0.717) is 4.52 Å². The first-order valence-electron chi connectivity index (χ1n) is 6.10. The standard InChI is InChI=1S/C12H11F3N4O/c1-6-4-9(12(13,14)15)19-10(16-6)5-8(18-19)11(20)17-7-2-3-7/h4-5,7H,2-3H2,1H3,(H,17,20). The number of halogens is 3. The average Bonchev–Trinajstić information content (AvgIpc) is 3.04. The monoisotopic (exact) mass is 284 g/mol. The summed E-state index contributed by atoms with van der Waals surface area (Å²) in [4.78, 5) is 15.8. The van der Waals surface area contributed by atoms with Gasteiger partial charge in [-0.1, -0.05) is 0 Å². The first-order chi connectivity index (χ1) is 9.34. The maximum absolute atomic E-state index is 12.9. The lowest BCUT2D eigenvalue weighted by Gasteiger charge is -2.09. The molecule has 0 saturated heterocycles. The molecule has 1 fully saturated rings. The number of carbonyl (C=O) groups is 1. The fraction of sp³-hybridized carbons (Fsp3) is 0.417. The number of carbonyl (C=O) groups excluding carboxylic acids is 1. The molecule has 1 N–H and O–H groups in total. The molecule has 20 heavy (non-hydrogen) atoms. The third-order valence-corrected chi connectivity index (χ3v) is 2.99. The number of fused-ring (bicyclic) bond motifs is 1. The van der Waals surface area contributed by atoms with Crippen molar-refractivity contribution < 1.29 is 18.0 Å². The van der Waals surface area contributed by atoms with Crippen LogP contribution in [0.5, 0.6) is 0 Å². The molecular weight excluding hydrogens is 273 g/mol. The van der Waals surface area contributed by atoms with Gasteiger partial charge in [-0.3, -0.25) is 4.79 Å². The van der Waals surface area contributed by atoms with Crippen LogP contribution in [0.2, 0.25) is 0 Å². The van der Waals surface area contributed by atoms with Crippen LogP contribution in [0.3, 0.4) is 0 Å². The molecule has 2 aromatic rings. The Bertz CT molecular complexity index is 688. The second-order valence-electron chi connectivity index (χ2n) is 4.83. The highest BCUT2D eigenvalue weighted by Crippen LogP contribution is 2.30. The van der Waals surface area contributed by atoms with Crippen LogP contribution in [0.4, 0.5) is 13.2 Å². The van der Waals surface area contributed by atoms with Gasteiger partial charge in [-0.25, -0.2) is 9.50 Å². The van der Waals surface area contributed by atoms with Gasteiger partial charge in [-0.2, -0.15) is 18.3 Å². The SMILES string of the molecule is Cc1cc(C(F)(F)F)n2nc(C(=O)NC3CC3)cc2n1. The van der Waals surface area contributed by atoms with Crippen LogP contribution in [0, 0.1) is 6.92 Å². The van der Waals surface area contributed by atoms with Gasteiger partial charge in [-0.15, -0.1) is 0 Å². The zero-order valence-corrected chi connectivity index (χ0v) is 10.5. The first-order valence-corrected chi connectivity index (χ1v) is 6.10. The molecule has 8 heteroatoms. The summed E-state index contributed by atoms with van der Waals surface area (Å²) >= 11 is 0. The van der Waals surface area contributed by atoms with Crippen molar-refractivity contribution in [3.63, 3.8) is 0 Å². The maximum atomic E-state index is 12.9. The van der Waals surface area contributed by atoms with Crippen molar-refractivity contribution in [3.8, 4) is 0 Å². The molecule has 0 atom stereocenters. The van der Waals surface area contributed by atoms with Gasteiger partial charge in [0.05, 0.1) is 0 Å². The van der Waals surface area contributed by atoms with Gasteiger partial charge in [0.25, 0.3) is 5.91 Å². The Balaban J connectivity index is 2.07. The number of hydrogen-bond acceptors (Lipinski definition) is 3. The highest BCUT2D eigenvalue weighted by atomic mass is 19.4. The Kier molecular flexibility index (Phi) is 2.70. The molecule has 0 bridgehead atoms. The first kappa shape index (κ1) is 12.9. The van der Waals surface area contributed by atoms with E-state index in [9.17, 15) is 18.0 Å². The molecular formula is C12H11F3N4O. The third-order valence-electron chi connectivity index (χ3n) is 2.99. The van der Waals surface area contributed by atoms with E-state index in [1.807, 2.05) is 0 Å². The van der Waals surface area contributed by atoms with E-state index in [1.165, 1.54) is 13.0 Å². The van der Waals surface area contributed by atoms with Crippen LogP contribution in [0.1, 0.15) is 34.7 Å². The zero-order valence-electron chi connectivity index (χ0n) is 10.5. The number of nitrogens with one attached hydrogen (secondary N) is 1. The summed E-state index contributed by atoms with van der Waals surface area (Å²) in [5.41, 5.74) is -0.761. The normalized spacial score (nSPS) is 15.6. The van der Waals surface area contributed by atoms with Crippen LogP contribution in [0.15, 0.2) is 12.1 Å². The highest BCUT2D eigenvalue weighted by Gasteiger charge is 2.35. The van der Waals surface area contributed by atoms with Crippen LogP contribution in [0.25, 0.3) is 5.65 Å². The number of rotatable bonds is 2. The molecule has 1 saturated carbocycles. The molecule has 0 aromatic carbocycles. The van der Waals surface area contributed by atoms with Crippen LogP contribution >= 0.6 is 0 Å². The molecule has 0 radical (unpaired) electrons. The number of alkyl halides is 3. The Labute approximate surface area is 111 Å². The van der Waals surface area contributed by atoms with E-state index in [1.54, 1.807) is 0 Å². The molecule has 0 spiro atoms. The van der Waals surface area contributed by atoms with Gasteiger partial charge in [0.2, 0.25) is 0 Å². The fourth-order valence-electron chi connectivity index (χ4n) is 1.90. The minimum atomic E-state index is -4.55. The number of aromatic nitrogens is 3. The largest absolute Gasteiger partial charge is 0.433 e. The van der Waals surface area contributed by atoms with Crippen molar-refractivity contribution in [1.29, 1.82) is 0 Å². The smallest absolute Gasteiger partial charge is 0.348 e. The Hall–Kier alpha value is -2.12. The maximum Gasteiger partial charge on any atom is 0.433 e. The van der Waals surface area contributed by atoms with Gasteiger partial charge in [0, 0.05) is 17.8 Å². The Morgan fingerprint density at radius 2 is 2.10 bits per heavy atom. The predicted molar refractivity (Wildman–Crippen MR) is 63.2 cm³/mol.